The van der Waals surface area contributed by atoms with Crippen LogP contribution in [0.25, 0.3) is 5.69 Å². The Hall–Kier alpha value is -2.41. The predicted molar refractivity (Wildman–Crippen MR) is 115 cm³/mol. The van der Waals surface area contributed by atoms with Crippen molar-refractivity contribution in [1.29, 1.82) is 0 Å². The summed E-state index contributed by atoms with van der Waals surface area (Å²) in [7, 11) is 3.73. The summed E-state index contributed by atoms with van der Waals surface area (Å²) in [4.78, 5) is 20.3. The normalized spacial score (nSPS) is 12.2. The molecule has 6 nitrogen and oxygen atoms in total. The van der Waals surface area contributed by atoms with Crippen molar-refractivity contribution >= 4 is 29.1 Å². The number of rotatable bonds is 7. The molecule has 0 saturated carbocycles. The van der Waals surface area contributed by atoms with E-state index < -0.39 is 0 Å². The van der Waals surface area contributed by atoms with E-state index in [-0.39, 0.29) is 11.9 Å². The van der Waals surface area contributed by atoms with Crippen molar-refractivity contribution in [2.45, 2.75) is 19.5 Å². The van der Waals surface area contributed by atoms with Gasteiger partial charge in [-0.05, 0) is 49.4 Å². The average Bonchev–Trinajstić information content (AvgIpc) is 3.25. The molecule has 0 fully saturated rings. The first-order valence-corrected chi connectivity index (χ1v) is 9.94. The fourth-order valence-corrected chi connectivity index (χ4v) is 3.29. The Morgan fingerprint density at radius 2 is 1.83 bits per heavy atom. The molecule has 1 aromatic heterocycles. The summed E-state index contributed by atoms with van der Waals surface area (Å²) in [5.41, 5.74) is 3.00. The number of carbonyl (C=O) groups excluding carboxylic acids is 1. The molecule has 1 unspecified atom stereocenters. The highest BCUT2D eigenvalue weighted by Crippen LogP contribution is 2.23. The van der Waals surface area contributed by atoms with Gasteiger partial charge in [-0.1, -0.05) is 41.4 Å². The number of hydrogen-bond donors (Lipinski definition) is 0. The number of hydrogen-bond acceptors (Lipinski definition) is 4. The van der Waals surface area contributed by atoms with Crippen LogP contribution in [0.5, 0.6) is 0 Å². The van der Waals surface area contributed by atoms with E-state index in [1.54, 1.807) is 35.1 Å². The summed E-state index contributed by atoms with van der Waals surface area (Å²) in [5, 5.41) is 5.13. The lowest BCUT2D eigenvalue weighted by Gasteiger charge is -2.27. The maximum Gasteiger partial charge on any atom is 0.236 e. The Labute approximate surface area is 180 Å². The van der Waals surface area contributed by atoms with Gasteiger partial charge in [-0.25, -0.2) is 9.67 Å². The molecule has 0 radical (unpaired) electrons. The lowest BCUT2D eigenvalue weighted by molar-refractivity contribution is -0.131. The molecule has 0 aliphatic rings. The molecule has 8 heteroatoms. The fraction of sp³-hybridized carbons (Fsp3) is 0.286. The molecule has 2 aromatic carbocycles. The molecular weight excluding hydrogens is 409 g/mol. The molecule has 0 N–H and O–H groups in total. The smallest absolute Gasteiger partial charge is 0.236 e. The number of aromatic nitrogens is 3. The summed E-state index contributed by atoms with van der Waals surface area (Å²) in [6.07, 6.45) is 3.16. The second-order valence-electron chi connectivity index (χ2n) is 7.02. The van der Waals surface area contributed by atoms with Gasteiger partial charge in [-0.2, -0.15) is 5.10 Å². The summed E-state index contributed by atoms with van der Waals surface area (Å²) in [6, 6.07) is 13.6. The van der Waals surface area contributed by atoms with Gasteiger partial charge in [0, 0.05) is 19.6 Å². The van der Waals surface area contributed by atoms with Crippen LogP contribution in [0.1, 0.15) is 24.1 Å². The molecule has 0 aliphatic carbocycles. The van der Waals surface area contributed by atoms with E-state index >= 15 is 0 Å². The molecule has 0 saturated heterocycles. The number of amides is 1. The van der Waals surface area contributed by atoms with Crippen molar-refractivity contribution in [3.63, 3.8) is 0 Å². The Morgan fingerprint density at radius 3 is 2.45 bits per heavy atom. The van der Waals surface area contributed by atoms with Crippen LogP contribution in [-0.2, 0) is 11.3 Å². The summed E-state index contributed by atoms with van der Waals surface area (Å²) >= 11 is 12.0. The molecule has 0 spiro atoms. The second kappa shape index (κ2) is 9.39. The molecule has 1 atom stereocenters. The summed E-state index contributed by atoms with van der Waals surface area (Å²) in [6.45, 7) is 2.87. The van der Waals surface area contributed by atoms with Crippen molar-refractivity contribution in [1.82, 2.24) is 24.6 Å². The largest absolute Gasteiger partial charge is 0.340 e. The highest BCUT2D eigenvalue weighted by atomic mass is 35.5. The Bertz CT molecular complexity index is 960. The maximum absolute atomic E-state index is 12.7. The zero-order chi connectivity index (χ0) is 21.0. The quantitative estimate of drug-likeness (QED) is 0.561. The Morgan fingerprint density at radius 1 is 1.10 bits per heavy atom. The number of halogens is 2. The van der Waals surface area contributed by atoms with Crippen LogP contribution < -0.4 is 0 Å². The third kappa shape index (κ3) is 5.35. The molecule has 0 aliphatic heterocycles. The highest BCUT2D eigenvalue weighted by molar-refractivity contribution is 6.42. The number of nitrogens with zero attached hydrogens (tertiary/aromatic N) is 5. The third-order valence-electron chi connectivity index (χ3n) is 4.93. The minimum Gasteiger partial charge on any atom is -0.340 e. The molecule has 1 heterocycles. The first kappa shape index (κ1) is 21.3. The van der Waals surface area contributed by atoms with Crippen LogP contribution in [-0.4, -0.2) is 51.1 Å². The maximum atomic E-state index is 12.7. The molecule has 152 valence electrons. The van der Waals surface area contributed by atoms with E-state index in [1.807, 2.05) is 42.3 Å². The first-order valence-electron chi connectivity index (χ1n) is 9.18. The molecule has 1 amide bonds. The van der Waals surface area contributed by atoms with Crippen LogP contribution in [0.15, 0.2) is 55.1 Å². The SMILES string of the molecule is CC(c1ccc(-n2cncn2)cc1)N(C)CC(=O)N(C)Cc1ccc(Cl)c(Cl)c1. The van der Waals surface area contributed by atoms with E-state index in [0.29, 0.717) is 23.1 Å². The molecular formula is C21H23Cl2N5O. The minimum absolute atomic E-state index is 0.0321. The zero-order valence-corrected chi connectivity index (χ0v) is 18.1. The van der Waals surface area contributed by atoms with E-state index in [1.165, 1.54) is 6.33 Å². The fourth-order valence-electron chi connectivity index (χ4n) is 2.97. The van der Waals surface area contributed by atoms with Crippen molar-refractivity contribution in [2.75, 3.05) is 20.6 Å². The lowest BCUT2D eigenvalue weighted by Crippen LogP contribution is -2.37. The van der Waals surface area contributed by atoms with E-state index in [9.17, 15) is 4.79 Å². The Balaban J connectivity index is 1.58. The minimum atomic E-state index is 0.0321. The highest BCUT2D eigenvalue weighted by Gasteiger charge is 2.18. The number of carbonyl (C=O) groups is 1. The van der Waals surface area contributed by atoms with Crippen LogP contribution >= 0.6 is 23.2 Å². The van der Waals surface area contributed by atoms with Gasteiger partial charge in [0.05, 0.1) is 22.3 Å². The van der Waals surface area contributed by atoms with Gasteiger partial charge >= 0.3 is 0 Å². The van der Waals surface area contributed by atoms with Crippen molar-refractivity contribution in [3.05, 3.63) is 76.3 Å². The van der Waals surface area contributed by atoms with E-state index in [4.69, 9.17) is 23.2 Å². The van der Waals surface area contributed by atoms with Gasteiger partial charge in [0.25, 0.3) is 0 Å². The van der Waals surface area contributed by atoms with E-state index in [0.717, 1.165) is 16.8 Å². The van der Waals surface area contributed by atoms with Crippen LogP contribution in [0.4, 0.5) is 0 Å². The molecule has 3 rings (SSSR count). The lowest BCUT2D eigenvalue weighted by atomic mass is 10.1. The molecule has 29 heavy (non-hydrogen) atoms. The van der Waals surface area contributed by atoms with Crippen molar-refractivity contribution < 1.29 is 4.79 Å². The van der Waals surface area contributed by atoms with Gasteiger partial charge in [0.15, 0.2) is 0 Å². The predicted octanol–water partition coefficient (Wildman–Crippen LogP) is 4.23. The number of benzene rings is 2. The third-order valence-corrected chi connectivity index (χ3v) is 5.67. The Kier molecular flexibility index (Phi) is 6.90. The summed E-state index contributed by atoms with van der Waals surface area (Å²) in [5.74, 6) is 0.0321. The first-order chi connectivity index (χ1) is 13.8. The second-order valence-corrected chi connectivity index (χ2v) is 7.84. The van der Waals surface area contributed by atoms with Crippen LogP contribution in [0.2, 0.25) is 10.0 Å². The van der Waals surface area contributed by atoms with Crippen LogP contribution in [0, 0.1) is 0 Å². The monoisotopic (exact) mass is 431 g/mol. The van der Waals surface area contributed by atoms with Crippen molar-refractivity contribution in [2.24, 2.45) is 0 Å². The molecule has 3 aromatic rings. The standard InChI is InChI=1S/C21H23Cl2N5O/c1-15(17-5-7-18(8-6-17)28-14-24-13-25-28)26(2)12-21(29)27(3)11-16-4-9-19(22)20(23)10-16/h4-10,13-15H,11-12H2,1-3H3. The zero-order valence-electron chi connectivity index (χ0n) is 16.6. The van der Waals surface area contributed by atoms with Gasteiger partial charge in [-0.3, -0.25) is 9.69 Å². The average molecular weight is 432 g/mol. The van der Waals surface area contributed by atoms with Gasteiger partial charge in [0.2, 0.25) is 5.91 Å². The van der Waals surface area contributed by atoms with Gasteiger partial charge in [0.1, 0.15) is 12.7 Å². The van der Waals surface area contributed by atoms with Crippen molar-refractivity contribution in [3.8, 4) is 5.69 Å². The number of likely N-dealkylation sites (N-methyl/N-ethyl adjacent to an activating group) is 2. The topological polar surface area (TPSA) is 54.3 Å². The van der Waals surface area contributed by atoms with E-state index in [2.05, 4.69) is 17.0 Å². The summed E-state index contributed by atoms with van der Waals surface area (Å²) < 4.78 is 1.71. The van der Waals surface area contributed by atoms with Gasteiger partial charge in [-0.15, -0.1) is 0 Å². The van der Waals surface area contributed by atoms with Gasteiger partial charge < -0.3 is 4.90 Å². The van der Waals surface area contributed by atoms with Crippen LogP contribution in [0.3, 0.4) is 0 Å². The molecule has 0 bridgehead atoms.